The van der Waals surface area contributed by atoms with Crippen LogP contribution >= 0.6 is 0 Å². The predicted molar refractivity (Wildman–Crippen MR) is 118 cm³/mol. The lowest BCUT2D eigenvalue weighted by atomic mass is 10.0. The van der Waals surface area contributed by atoms with Crippen LogP contribution < -0.4 is 4.72 Å². The maximum Gasteiger partial charge on any atom is 0.240 e. The summed E-state index contributed by atoms with van der Waals surface area (Å²) in [7, 11) is -3.66. The molecule has 6 heteroatoms. The van der Waals surface area contributed by atoms with E-state index in [1.807, 2.05) is 61.5 Å². The average molecular weight is 416 g/mol. The second-order valence-electron chi connectivity index (χ2n) is 6.97. The van der Waals surface area contributed by atoms with Crippen LogP contribution in [-0.2, 0) is 16.6 Å². The highest BCUT2D eigenvalue weighted by atomic mass is 32.2. The van der Waals surface area contributed by atoms with Crippen molar-refractivity contribution in [3.63, 3.8) is 0 Å². The summed E-state index contributed by atoms with van der Waals surface area (Å²) in [6, 6.07) is 22.4. The van der Waals surface area contributed by atoms with Crippen LogP contribution in [0.2, 0.25) is 0 Å². The number of aryl methyl sites for hydroxylation is 1. The van der Waals surface area contributed by atoms with Crippen molar-refractivity contribution in [2.45, 2.75) is 18.4 Å². The van der Waals surface area contributed by atoms with Crippen molar-refractivity contribution in [3.8, 4) is 22.4 Å². The first kappa shape index (κ1) is 19.9. The smallest absolute Gasteiger partial charge is 0.240 e. The lowest BCUT2D eigenvalue weighted by Crippen LogP contribution is -2.23. The van der Waals surface area contributed by atoms with Gasteiger partial charge in [0.1, 0.15) is 0 Å². The molecule has 0 aliphatic heterocycles. The van der Waals surface area contributed by atoms with Crippen molar-refractivity contribution in [3.05, 3.63) is 103 Å². The molecule has 5 nitrogen and oxygen atoms in total. The predicted octanol–water partition coefficient (Wildman–Crippen LogP) is 4.60. The molecule has 1 N–H and O–H groups in total. The van der Waals surface area contributed by atoms with Crippen LogP contribution in [0.1, 0.15) is 11.1 Å². The van der Waals surface area contributed by atoms with Gasteiger partial charge in [-0.1, -0.05) is 48.0 Å². The van der Waals surface area contributed by atoms with Gasteiger partial charge in [-0.3, -0.25) is 9.97 Å². The zero-order valence-corrected chi connectivity index (χ0v) is 17.3. The Labute approximate surface area is 176 Å². The minimum atomic E-state index is -3.66. The number of aromatic nitrogens is 2. The van der Waals surface area contributed by atoms with Crippen LogP contribution in [0.3, 0.4) is 0 Å². The molecule has 150 valence electrons. The molecule has 2 heterocycles. The highest BCUT2D eigenvalue weighted by Crippen LogP contribution is 2.23. The first-order valence-corrected chi connectivity index (χ1v) is 11.0. The summed E-state index contributed by atoms with van der Waals surface area (Å²) in [6.45, 7) is 2.17. The van der Waals surface area contributed by atoms with Crippen LogP contribution in [0.25, 0.3) is 22.4 Å². The largest absolute Gasteiger partial charge is 0.264 e. The Kier molecular flexibility index (Phi) is 5.70. The third-order valence-corrected chi connectivity index (χ3v) is 6.25. The second-order valence-corrected chi connectivity index (χ2v) is 8.73. The maximum absolute atomic E-state index is 12.8. The van der Waals surface area contributed by atoms with Gasteiger partial charge in [-0.05, 0) is 53.9 Å². The van der Waals surface area contributed by atoms with Crippen LogP contribution in [0, 0.1) is 6.92 Å². The van der Waals surface area contributed by atoms with E-state index in [9.17, 15) is 8.42 Å². The highest BCUT2D eigenvalue weighted by Gasteiger charge is 2.15. The van der Waals surface area contributed by atoms with E-state index >= 15 is 0 Å². The van der Waals surface area contributed by atoms with Crippen molar-refractivity contribution < 1.29 is 8.42 Å². The molecule has 4 rings (SSSR count). The molecule has 0 aliphatic carbocycles. The van der Waals surface area contributed by atoms with E-state index in [-0.39, 0.29) is 11.4 Å². The SMILES string of the molecule is Cc1ccc(-c2ccc(S(=O)(=O)NCc3cccnc3-c3cccnc3)cc2)cc1. The Balaban J connectivity index is 1.52. The summed E-state index contributed by atoms with van der Waals surface area (Å²) >= 11 is 0. The number of hydrogen-bond donors (Lipinski definition) is 1. The van der Waals surface area contributed by atoms with Crippen LogP contribution in [0.4, 0.5) is 0 Å². The topological polar surface area (TPSA) is 72.0 Å². The number of sulfonamides is 1. The first-order chi connectivity index (χ1) is 14.5. The molecule has 2 aromatic heterocycles. The average Bonchev–Trinajstić information content (AvgIpc) is 2.79. The summed E-state index contributed by atoms with van der Waals surface area (Å²) in [5.41, 5.74) is 5.54. The number of pyridine rings is 2. The molecule has 0 fully saturated rings. The van der Waals surface area contributed by atoms with Crippen molar-refractivity contribution in [1.82, 2.24) is 14.7 Å². The molecule has 0 saturated heterocycles. The Morgan fingerprint density at radius 1 is 0.800 bits per heavy atom. The van der Waals surface area contributed by atoms with Gasteiger partial charge in [-0.25, -0.2) is 13.1 Å². The quantitative estimate of drug-likeness (QED) is 0.500. The summed E-state index contributed by atoms with van der Waals surface area (Å²) < 4.78 is 28.3. The second kappa shape index (κ2) is 8.57. The molecular weight excluding hydrogens is 394 g/mol. The number of nitrogens with zero attached hydrogens (tertiary/aromatic N) is 2. The fourth-order valence-electron chi connectivity index (χ4n) is 3.17. The normalized spacial score (nSPS) is 11.4. The maximum atomic E-state index is 12.8. The van der Waals surface area contributed by atoms with Crippen molar-refractivity contribution in [1.29, 1.82) is 0 Å². The number of benzene rings is 2. The molecular formula is C24H21N3O2S. The van der Waals surface area contributed by atoms with E-state index < -0.39 is 10.0 Å². The summed E-state index contributed by atoms with van der Waals surface area (Å²) in [5.74, 6) is 0. The number of hydrogen-bond acceptors (Lipinski definition) is 4. The van der Waals surface area contributed by atoms with Crippen molar-refractivity contribution in [2.75, 3.05) is 0 Å². The molecule has 0 radical (unpaired) electrons. The van der Waals surface area contributed by atoms with Crippen LogP contribution in [-0.4, -0.2) is 18.4 Å². The number of nitrogens with one attached hydrogen (secondary N) is 1. The minimum absolute atomic E-state index is 0.139. The van der Waals surface area contributed by atoms with Gasteiger partial charge in [0, 0.05) is 30.7 Å². The lowest BCUT2D eigenvalue weighted by Gasteiger charge is -2.11. The number of rotatable bonds is 6. The third-order valence-electron chi connectivity index (χ3n) is 4.83. The van der Waals surface area contributed by atoms with E-state index in [1.54, 1.807) is 36.8 Å². The molecule has 0 unspecified atom stereocenters. The Morgan fingerprint density at radius 2 is 1.47 bits per heavy atom. The summed E-state index contributed by atoms with van der Waals surface area (Å²) in [6.07, 6.45) is 5.09. The van der Waals surface area contributed by atoms with Crippen LogP contribution in [0.15, 0.2) is 96.3 Å². The zero-order valence-electron chi connectivity index (χ0n) is 16.5. The molecule has 30 heavy (non-hydrogen) atoms. The zero-order chi connectivity index (χ0) is 21.0. The Hall–Kier alpha value is -3.35. The van der Waals surface area contributed by atoms with E-state index in [2.05, 4.69) is 14.7 Å². The molecule has 4 aromatic rings. The lowest BCUT2D eigenvalue weighted by molar-refractivity contribution is 0.581. The van der Waals surface area contributed by atoms with Gasteiger partial charge in [0.15, 0.2) is 0 Å². The van der Waals surface area contributed by atoms with Gasteiger partial charge in [0.05, 0.1) is 10.6 Å². The Bertz CT molecular complexity index is 1240. The van der Waals surface area contributed by atoms with E-state index in [4.69, 9.17) is 0 Å². The molecule has 0 saturated carbocycles. The molecule has 0 spiro atoms. The summed E-state index contributed by atoms with van der Waals surface area (Å²) in [5, 5.41) is 0. The monoisotopic (exact) mass is 415 g/mol. The van der Waals surface area contributed by atoms with E-state index in [0.29, 0.717) is 5.69 Å². The third kappa shape index (κ3) is 4.45. The fraction of sp³-hybridized carbons (Fsp3) is 0.0833. The van der Waals surface area contributed by atoms with E-state index in [1.165, 1.54) is 5.56 Å². The standard InChI is InChI=1S/C24H21N3O2S/c1-18-6-8-19(9-7-18)20-10-12-23(13-11-20)30(28,29)27-17-22-5-3-15-26-24(22)21-4-2-14-25-16-21/h2-16,27H,17H2,1H3. The Morgan fingerprint density at radius 3 is 2.13 bits per heavy atom. The van der Waals surface area contributed by atoms with Gasteiger partial charge in [0.25, 0.3) is 0 Å². The highest BCUT2D eigenvalue weighted by molar-refractivity contribution is 7.89. The first-order valence-electron chi connectivity index (χ1n) is 9.54. The van der Waals surface area contributed by atoms with Gasteiger partial charge in [-0.15, -0.1) is 0 Å². The van der Waals surface area contributed by atoms with Gasteiger partial charge < -0.3 is 0 Å². The van der Waals surface area contributed by atoms with Gasteiger partial charge >= 0.3 is 0 Å². The molecule has 0 bridgehead atoms. The summed E-state index contributed by atoms with van der Waals surface area (Å²) in [4.78, 5) is 8.74. The van der Waals surface area contributed by atoms with Gasteiger partial charge in [-0.2, -0.15) is 0 Å². The molecule has 0 amide bonds. The van der Waals surface area contributed by atoms with Gasteiger partial charge in [0.2, 0.25) is 10.0 Å². The van der Waals surface area contributed by atoms with Crippen LogP contribution in [0.5, 0.6) is 0 Å². The molecule has 2 aromatic carbocycles. The minimum Gasteiger partial charge on any atom is -0.264 e. The van der Waals surface area contributed by atoms with E-state index in [0.717, 1.165) is 22.3 Å². The van der Waals surface area contributed by atoms with Crippen molar-refractivity contribution in [2.24, 2.45) is 0 Å². The molecule has 0 aliphatic rings. The van der Waals surface area contributed by atoms with Crippen molar-refractivity contribution >= 4 is 10.0 Å². The molecule has 0 atom stereocenters. The fourth-order valence-corrected chi connectivity index (χ4v) is 4.18.